The second-order valence-corrected chi connectivity index (χ2v) is 6.82. The Labute approximate surface area is 161 Å². The second kappa shape index (κ2) is 7.86. The van der Waals surface area contributed by atoms with Gasteiger partial charge in [0.1, 0.15) is 0 Å². The Kier molecular flexibility index (Phi) is 5.56. The highest BCUT2D eigenvalue weighted by molar-refractivity contribution is 9.10. The van der Waals surface area contributed by atoms with Gasteiger partial charge in [-0.1, -0.05) is 13.8 Å². The third kappa shape index (κ3) is 4.04. The molecule has 0 radical (unpaired) electrons. The van der Waals surface area contributed by atoms with Crippen LogP contribution in [0.3, 0.4) is 0 Å². The Morgan fingerprint density at radius 2 is 2.04 bits per heavy atom. The number of aryl methyl sites for hydroxylation is 1. The lowest BCUT2D eigenvalue weighted by Crippen LogP contribution is -2.26. The van der Waals surface area contributed by atoms with E-state index in [1.54, 1.807) is 4.52 Å². The maximum atomic E-state index is 12.2. The smallest absolute Gasteiger partial charge is 0.251 e. The molecular formula is C19H22BrN5O. The number of anilines is 2. The maximum Gasteiger partial charge on any atom is 0.251 e. The second-order valence-electron chi connectivity index (χ2n) is 5.96. The molecule has 3 aromatic rings. The van der Waals surface area contributed by atoms with Crippen molar-refractivity contribution in [1.82, 2.24) is 19.9 Å². The number of benzene rings is 1. The fourth-order valence-corrected chi connectivity index (χ4v) is 2.97. The molecule has 2 heterocycles. The van der Waals surface area contributed by atoms with Gasteiger partial charge in [0.15, 0.2) is 5.65 Å². The summed E-state index contributed by atoms with van der Waals surface area (Å²) in [6.07, 6.45) is 4.01. The fourth-order valence-electron chi connectivity index (χ4n) is 2.54. The summed E-state index contributed by atoms with van der Waals surface area (Å²) < 4.78 is 2.59. The maximum absolute atomic E-state index is 12.2. The first-order chi connectivity index (χ1) is 12.6. The van der Waals surface area contributed by atoms with Gasteiger partial charge in [0.25, 0.3) is 5.91 Å². The van der Waals surface area contributed by atoms with Crippen LogP contribution in [0.5, 0.6) is 0 Å². The van der Waals surface area contributed by atoms with Crippen molar-refractivity contribution in [3.8, 4) is 0 Å². The fraction of sp³-hybridized carbons (Fsp3) is 0.316. The zero-order valence-electron chi connectivity index (χ0n) is 15.1. The molecule has 0 unspecified atom stereocenters. The van der Waals surface area contributed by atoms with Gasteiger partial charge in [0, 0.05) is 23.5 Å². The van der Waals surface area contributed by atoms with Gasteiger partial charge in [0.05, 0.1) is 4.47 Å². The minimum Gasteiger partial charge on any atom is -0.349 e. The van der Waals surface area contributed by atoms with Crippen LogP contribution in [-0.4, -0.2) is 26.5 Å². The van der Waals surface area contributed by atoms with Crippen molar-refractivity contribution in [2.75, 3.05) is 5.32 Å². The molecule has 1 fully saturated rings. The Morgan fingerprint density at radius 3 is 2.69 bits per heavy atom. The first-order valence-corrected chi connectivity index (χ1v) is 9.59. The molecule has 6 nitrogen and oxygen atoms in total. The van der Waals surface area contributed by atoms with Crippen molar-refractivity contribution < 1.29 is 4.79 Å². The topological polar surface area (TPSA) is 71.3 Å². The predicted octanol–water partition coefficient (Wildman–Crippen LogP) is 4.46. The molecule has 7 heteroatoms. The van der Waals surface area contributed by atoms with Crippen molar-refractivity contribution >= 4 is 39.1 Å². The zero-order chi connectivity index (χ0) is 18.7. The van der Waals surface area contributed by atoms with Crippen LogP contribution in [0.4, 0.5) is 11.6 Å². The first kappa shape index (κ1) is 18.4. The number of hydrogen-bond donors (Lipinski definition) is 2. The van der Waals surface area contributed by atoms with E-state index in [-0.39, 0.29) is 5.91 Å². The molecule has 2 N–H and O–H groups in total. The summed E-state index contributed by atoms with van der Waals surface area (Å²) in [5, 5.41) is 10.6. The summed E-state index contributed by atoms with van der Waals surface area (Å²) in [4.78, 5) is 16.6. The number of nitrogens with zero attached hydrogens (tertiary/aromatic N) is 3. The third-order valence-electron chi connectivity index (χ3n) is 3.95. The van der Waals surface area contributed by atoms with E-state index in [1.807, 2.05) is 57.3 Å². The van der Waals surface area contributed by atoms with Crippen LogP contribution in [-0.2, 0) is 0 Å². The average Bonchev–Trinajstić information content (AvgIpc) is 3.34. The van der Waals surface area contributed by atoms with Gasteiger partial charge in [0.2, 0.25) is 5.95 Å². The average molecular weight is 416 g/mol. The van der Waals surface area contributed by atoms with Gasteiger partial charge in [-0.05, 0) is 71.6 Å². The van der Waals surface area contributed by atoms with Gasteiger partial charge in [-0.25, -0.2) is 4.52 Å². The molecule has 4 rings (SSSR count). The quantitative estimate of drug-likeness (QED) is 0.659. The number of fused-ring (bicyclic) bond motifs is 1. The van der Waals surface area contributed by atoms with Gasteiger partial charge in [-0.2, -0.15) is 4.98 Å². The van der Waals surface area contributed by atoms with Gasteiger partial charge < -0.3 is 10.6 Å². The summed E-state index contributed by atoms with van der Waals surface area (Å²) in [5.74, 6) is 0.507. The van der Waals surface area contributed by atoms with Crippen LogP contribution in [0.2, 0.25) is 0 Å². The van der Waals surface area contributed by atoms with E-state index in [9.17, 15) is 4.79 Å². The van der Waals surface area contributed by atoms with E-state index in [2.05, 4.69) is 36.6 Å². The van der Waals surface area contributed by atoms with Crippen molar-refractivity contribution in [1.29, 1.82) is 0 Å². The molecule has 1 aromatic carbocycles. The zero-order valence-corrected chi connectivity index (χ0v) is 16.7. The normalized spacial score (nSPS) is 13.1. The lowest BCUT2D eigenvalue weighted by Gasteiger charge is -2.09. The lowest BCUT2D eigenvalue weighted by atomic mass is 10.1. The number of aromatic nitrogens is 3. The van der Waals surface area contributed by atoms with E-state index < -0.39 is 0 Å². The van der Waals surface area contributed by atoms with Gasteiger partial charge in [-0.3, -0.25) is 4.79 Å². The van der Waals surface area contributed by atoms with E-state index >= 15 is 0 Å². The molecule has 0 bridgehead atoms. The highest BCUT2D eigenvalue weighted by atomic mass is 79.9. The summed E-state index contributed by atoms with van der Waals surface area (Å²) in [6, 6.07) is 9.81. The minimum atomic E-state index is -0.00339. The number of nitrogens with one attached hydrogen (secondary N) is 2. The minimum absolute atomic E-state index is 0.00339. The van der Waals surface area contributed by atoms with E-state index in [1.165, 1.54) is 0 Å². The molecule has 0 spiro atoms. The van der Waals surface area contributed by atoms with Crippen LogP contribution in [0.25, 0.3) is 5.65 Å². The Hall–Kier alpha value is -2.41. The number of hydrogen-bond acceptors (Lipinski definition) is 4. The number of carbonyl (C=O) groups excluding carboxylic acids is 1. The van der Waals surface area contributed by atoms with Crippen LogP contribution in [0.15, 0.2) is 41.0 Å². The Bertz CT molecular complexity index is 933. The summed E-state index contributed by atoms with van der Waals surface area (Å²) in [5.41, 5.74) is 3.22. The number of carbonyl (C=O) groups is 1. The van der Waals surface area contributed by atoms with Crippen molar-refractivity contribution in [2.24, 2.45) is 0 Å². The Morgan fingerprint density at radius 1 is 1.27 bits per heavy atom. The third-order valence-corrected chi connectivity index (χ3v) is 4.57. The van der Waals surface area contributed by atoms with Crippen LogP contribution in [0.1, 0.15) is 42.6 Å². The SMILES string of the molecule is CC.Cc1cc(Nc2nc3c(Br)cccn3n2)ccc1C(=O)NC1CC1. The Balaban J connectivity index is 0.000000948. The first-order valence-electron chi connectivity index (χ1n) is 8.79. The molecule has 1 saturated carbocycles. The molecule has 0 saturated heterocycles. The standard InChI is InChI=1S/C17H16BrN5O.C2H6/c1-10-9-12(6-7-13(10)16(24)19-11-4-5-11)20-17-21-15-14(18)3-2-8-23(15)22-17;1-2/h2-3,6-9,11H,4-5H2,1H3,(H,19,24)(H,20,22);1-2H3. The molecule has 0 atom stereocenters. The monoisotopic (exact) mass is 415 g/mol. The highest BCUT2D eigenvalue weighted by Gasteiger charge is 2.24. The summed E-state index contributed by atoms with van der Waals surface area (Å²) in [7, 11) is 0. The molecule has 0 aliphatic heterocycles. The molecule has 136 valence electrons. The number of pyridine rings is 1. The molecule has 26 heavy (non-hydrogen) atoms. The van der Waals surface area contributed by atoms with Gasteiger partial charge in [-0.15, -0.1) is 5.10 Å². The predicted molar refractivity (Wildman–Crippen MR) is 107 cm³/mol. The van der Waals surface area contributed by atoms with Gasteiger partial charge >= 0.3 is 0 Å². The van der Waals surface area contributed by atoms with Crippen LogP contribution in [0, 0.1) is 6.92 Å². The summed E-state index contributed by atoms with van der Waals surface area (Å²) >= 11 is 3.46. The molecule has 1 amide bonds. The number of rotatable bonds is 4. The van der Waals surface area contributed by atoms with Crippen LogP contribution < -0.4 is 10.6 Å². The van der Waals surface area contributed by atoms with E-state index in [4.69, 9.17) is 0 Å². The largest absolute Gasteiger partial charge is 0.349 e. The molecule has 2 aromatic heterocycles. The van der Waals surface area contributed by atoms with E-state index in [0.29, 0.717) is 17.6 Å². The molecule has 1 aliphatic rings. The number of halogens is 1. The number of amides is 1. The van der Waals surface area contributed by atoms with Crippen molar-refractivity contribution in [3.05, 3.63) is 52.1 Å². The van der Waals surface area contributed by atoms with Crippen LogP contribution >= 0.6 is 15.9 Å². The van der Waals surface area contributed by atoms with Crippen molar-refractivity contribution in [2.45, 2.75) is 39.7 Å². The molecule has 1 aliphatic carbocycles. The highest BCUT2D eigenvalue weighted by Crippen LogP contribution is 2.23. The lowest BCUT2D eigenvalue weighted by molar-refractivity contribution is 0.0950. The van der Waals surface area contributed by atoms with Crippen molar-refractivity contribution in [3.63, 3.8) is 0 Å². The van der Waals surface area contributed by atoms with E-state index in [0.717, 1.165) is 34.2 Å². The summed E-state index contributed by atoms with van der Waals surface area (Å²) in [6.45, 7) is 5.93. The molecular weight excluding hydrogens is 394 g/mol.